The standard InChI is InChI=1S/C16H21N3O3/c1-17-15(20)14-8-13(22-12-6-3-7-18-9-12)10-19(14)16(21)11-4-2-5-11/h3,6-7,9,11,13-14H,2,4-5,8,10H2,1H3,(H,17,20)/t13-,14-/m0/s1. The van der Waals surface area contributed by atoms with Crippen molar-refractivity contribution in [1.82, 2.24) is 15.2 Å². The molecule has 1 N–H and O–H groups in total. The molecular formula is C16H21N3O3. The Balaban J connectivity index is 1.70. The van der Waals surface area contributed by atoms with Crippen molar-refractivity contribution in [2.75, 3.05) is 13.6 Å². The lowest BCUT2D eigenvalue weighted by Gasteiger charge is -2.31. The Bertz CT molecular complexity index is 545. The van der Waals surface area contributed by atoms with E-state index in [0.717, 1.165) is 19.3 Å². The number of pyridine rings is 1. The molecule has 6 nitrogen and oxygen atoms in total. The molecule has 2 aliphatic rings. The molecule has 2 atom stereocenters. The third kappa shape index (κ3) is 2.91. The summed E-state index contributed by atoms with van der Waals surface area (Å²) in [6, 6.07) is 3.20. The Morgan fingerprint density at radius 3 is 2.82 bits per heavy atom. The van der Waals surface area contributed by atoms with Gasteiger partial charge in [-0.1, -0.05) is 6.42 Å². The summed E-state index contributed by atoms with van der Waals surface area (Å²) >= 11 is 0. The van der Waals surface area contributed by atoms with Crippen molar-refractivity contribution < 1.29 is 14.3 Å². The number of nitrogens with zero attached hydrogens (tertiary/aromatic N) is 2. The summed E-state index contributed by atoms with van der Waals surface area (Å²) in [5.41, 5.74) is 0. The van der Waals surface area contributed by atoms with E-state index in [-0.39, 0.29) is 23.8 Å². The topological polar surface area (TPSA) is 71.5 Å². The molecule has 0 radical (unpaired) electrons. The van der Waals surface area contributed by atoms with Gasteiger partial charge < -0.3 is 15.0 Å². The van der Waals surface area contributed by atoms with Crippen molar-refractivity contribution in [3.8, 4) is 5.75 Å². The molecule has 0 bridgehead atoms. The first kappa shape index (κ1) is 14.8. The van der Waals surface area contributed by atoms with E-state index in [2.05, 4.69) is 10.3 Å². The lowest BCUT2D eigenvalue weighted by Crippen LogP contribution is -2.48. The largest absolute Gasteiger partial charge is 0.487 e. The van der Waals surface area contributed by atoms with Gasteiger partial charge in [0.25, 0.3) is 0 Å². The molecule has 2 heterocycles. The van der Waals surface area contributed by atoms with Gasteiger partial charge >= 0.3 is 0 Å². The number of rotatable bonds is 4. The van der Waals surface area contributed by atoms with Crippen molar-refractivity contribution in [2.24, 2.45) is 5.92 Å². The normalized spacial score (nSPS) is 24.7. The maximum atomic E-state index is 12.5. The van der Waals surface area contributed by atoms with Gasteiger partial charge in [0.1, 0.15) is 17.9 Å². The minimum Gasteiger partial charge on any atom is -0.487 e. The molecule has 22 heavy (non-hydrogen) atoms. The molecule has 1 aliphatic carbocycles. The third-order valence-electron chi connectivity index (χ3n) is 4.49. The maximum absolute atomic E-state index is 12.5. The highest BCUT2D eigenvalue weighted by Gasteiger charge is 2.43. The Morgan fingerprint density at radius 1 is 1.41 bits per heavy atom. The minimum absolute atomic E-state index is 0.0873. The number of likely N-dealkylation sites (N-methyl/N-ethyl adjacent to an activating group) is 1. The van der Waals surface area contributed by atoms with Gasteiger partial charge in [-0.05, 0) is 25.0 Å². The van der Waals surface area contributed by atoms with E-state index in [1.54, 1.807) is 30.4 Å². The fourth-order valence-corrected chi connectivity index (χ4v) is 3.04. The van der Waals surface area contributed by atoms with E-state index < -0.39 is 6.04 Å². The number of nitrogens with one attached hydrogen (secondary N) is 1. The second-order valence-corrected chi connectivity index (χ2v) is 5.91. The van der Waals surface area contributed by atoms with Crippen molar-refractivity contribution in [3.63, 3.8) is 0 Å². The molecule has 1 saturated carbocycles. The number of hydrogen-bond donors (Lipinski definition) is 1. The van der Waals surface area contributed by atoms with Crippen molar-refractivity contribution >= 4 is 11.8 Å². The van der Waals surface area contributed by atoms with Gasteiger partial charge in [-0.25, -0.2) is 0 Å². The van der Waals surface area contributed by atoms with Gasteiger partial charge in [-0.2, -0.15) is 0 Å². The van der Waals surface area contributed by atoms with Gasteiger partial charge in [0.2, 0.25) is 11.8 Å². The Hall–Kier alpha value is -2.11. The highest BCUT2D eigenvalue weighted by Crippen LogP contribution is 2.32. The van der Waals surface area contributed by atoms with Crippen LogP contribution in [0.1, 0.15) is 25.7 Å². The zero-order valence-corrected chi connectivity index (χ0v) is 12.7. The first-order chi connectivity index (χ1) is 10.7. The molecule has 3 rings (SSSR count). The number of ether oxygens (including phenoxy) is 1. The summed E-state index contributed by atoms with van der Waals surface area (Å²) in [5, 5.41) is 2.65. The van der Waals surface area contributed by atoms with Crippen LogP contribution >= 0.6 is 0 Å². The highest BCUT2D eigenvalue weighted by molar-refractivity contribution is 5.89. The number of hydrogen-bond acceptors (Lipinski definition) is 4. The predicted octanol–water partition coefficient (Wildman–Crippen LogP) is 0.976. The Morgan fingerprint density at radius 2 is 2.23 bits per heavy atom. The van der Waals surface area contributed by atoms with Crippen molar-refractivity contribution in [3.05, 3.63) is 24.5 Å². The van der Waals surface area contributed by atoms with Gasteiger partial charge in [-0.15, -0.1) is 0 Å². The number of aromatic nitrogens is 1. The van der Waals surface area contributed by atoms with E-state index in [1.165, 1.54) is 0 Å². The van der Waals surface area contributed by atoms with Gasteiger partial charge in [0.15, 0.2) is 0 Å². The average Bonchev–Trinajstić information content (AvgIpc) is 2.89. The van der Waals surface area contributed by atoms with E-state index in [9.17, 15) is 9.59 Å². The molecule has 2 fully saturated rings. The predicted molar refractivity (Wildman–Crippen MR) is 80.2 cm³/mol. The van der Waals surface area contributed by atoms with E-state index in [1.807, 2.05) is 6.07 Å². The lowest BCUT2D eigenvalue weighted by atomic mass is 9.84. The molecule has 1 aromatic heterocycles. The lowest BCUT2D eigenvalue weighted by molar-refractivity contribution is -0.143. The summed E-state index contributed by atoms with van der Waals surface area (Å²) in [6.07, 6.45) is 6.65. The summed E-state index contributed by atoms with van der Waals surface area (Å²) in [7, 11) is 1.60. The highest BCUT2D eigenvalue weighted by atomic mass is 16.5. The van der Waals surface area contributed by atoms with E-state index >= 15 is 0 Å². The molecule has 6 heteroatoms. The molecule has 0 unspecified atom stereocenters. The third-order valence-corrected chi connectivity index (χ3v) is 4.49. The molecule has 1 aliphatic heterocycles. The fraction of sp³-hybridized carbons (Fsp3) is 0.562. The number of carbonyl (C=O) groups excluding carboxylic acids is 2. The molecule has 0 spiro atoms. The van der Waals surface area contributed by atoms with Crippen LogP contribution in [0.4, 0.5) is 0 Å². The number of likely N-dealkylation sites (tertiary alicyclic amines) is 1. The molecule has 2 amide bonds. The quantitative estimate of drug-likeness (QED) is 0.900. The first-order valence-electron chi connectivity index (χ1n) is 7.78. The van der Waals surface area contributed by atoms with Crippen molar-refractivity contribution in [2.45, 2.75) is 37.8 Å². The van der Waals surface area contributed by atoms with E-state index in [4.69, 9.17) is 4.74 Å². The van der Waals surface area contributed by atoms with Crippen LogP contribution in [0.5, 0.6) is 5.75 Å². The molecular weight excluding hydrogens is 282 g/mol. The van der Waals surface area contributed by atoms with Gasteiger partial charge in [0, 0.05) is 25.6 Å². The van der Waals surface area contributed by atoms with Crippen LogP contribution in [0.15, 0.2) is 24.5 Å². The van der Waals surface area contributed by atoms with Gasteiger partial charge in [0.05, 0.1) is 12.7 Å². The maximum Gasteiger partial charge on any atom is 0.242 e. The van der Waals surface area contributed by atoms with Crippen LogP contribution in [-0.2, 0) is 9.59 Å². The summed E-state index contributed by atoms with van der Waals surface area (Å²) in [6.45, 7) is 0.461. The van der Waals surface area contributed by atoms with E-state index in [0.29, 0.717) is 18.7 Å². The number of amides is 2. The van der Waals surface area contributed by atoms with Crippen molar-refractivity contribution in [1.29, 1.82) is 0 Å². The fourth-order valence-electron chi connectivity index (χ4n) is 3.04. The van der Waals surface area contributed by atoms with Crippen LogP contribution in [0.3, 0.4) is 0 Å². The van der Waals surface area contributed by atoms with Crippen LogP contribution in [0.25, 0.3) is 0 Å². The zero-order chi connectivity index (χ0) is 15.5. The molecule has 1 saturated heterocycles. The number of carbonyl (C=O) groups is 2. The SMILES string of the molecule is CNC(=O)[C@@H]1C[C@H](Oc2cccnc2)CN1C(=O)C1CCC1. The Kier molecular flexibility index (Phi) is 4.27. The molecule has 0 aromatic carbocycles. The summed E-state index contributed by atoms with van der Waals surface area (Å²) in [5.74, 6) is 0.729. The second-order valence-electron chi connectivity index (χ2n) is 5.91. The summed E-state index contributed by atoms with van der Waals surface area (Å²) in [4.78, 5) is 30.3. The minimum atomic E-state index is -0.431. The monoisotopic (exact) mass is 303 g/mol. The second kappa shape index (κ2) is 6.34. The molecule has 1 aromatic rings. The average molecular weight is 303 g/mol. The smallest absolute Gasteiger partial charge is 0.242 e. The zero-order valence-electron chi connectivity index (χ0n) is 12.7. The summed E-state index contributed by atoms with van der Waals surface area (Å²) < 4.78 is 5.88. The van der Waals surface area contributed by atoms with Crippen LogP contribution < -0.4 is 10.1 Å². The first-order valence-corrected chi connectivity index (χ1v) is 7.78. The van der Waals surface area contributed by atoms with Gasteiger partial charge in [-0.3, -0.25) is 14.6 Å². The Labute approximate surface area is 129 Å². The van der Waals surface area contributed by atoms with Crippen LogP contribution in [0.2, 0.25) is 0 Å². The van der Waals surface area contributed by atoms with Crippen LogP contribution in [-0.4, -0.2) is 47.4 Å². The molecule has 118 valence electrons. The van der Waals surface area contributed by atoms with Crippen LogP contribution in [0, 0.1) is 5.92 Å².